The van der Waals surface area contributed by atoms with Gasteiger partial charge in [-0.3, -0.25) is 9.17 Å². The Balaban J connectivity index is 2.24. The Hall–Kier alpha value is -0.980. The molecule has 2 unspecified atom stereocenters. The smallest absolute Gasteiger partial charge is 0.272 e. The summed E-state index contributed by atoms with van der Waals surface area (Å²) in [6.07, 6.45) is 3.39. The fourth-order valence-electron chi connectivity index (χ4n) is 2.14. The molecule has 2 rings (SSSR count). The quantitative estimate of drug-likeness (QED) is 0.795. The zero-order valence-electron chi connectivity index (χ0n) is 9.67. The second-order valence-electron chi connectivity index (χ2n) is 3.99. The maximum absolute atomic E-state index is 11.9. The first-order valence-corrected chi connectivity index (χ1v) is 7.11. The van der Waals surface area contributed by atoms with Crippen molar-refractivity contribution >= 4 is 10.1 Å². The van der Waals surface area contributed by atoms with Crippen molar-refractivity contribution in [3.8, 4) is 0 Å². The highest BCUT2D eigenvalue weighted by Gasteiger charge is 2.38. The van der Waals surface area contributed by atoms with E-state index in [1.165, 1.54) is 0 Å². The van der Waals surface area contributed by atoms with Gasteiger partial charge in [-0.05, 0) is 18.6 Å². The molecule has 1 saturated heterocycles. The van der Waals surface area contributed by atoms with Gasteiger partial charge in [0.1, 0.15) is 5.25 Å². The normalized spacial score (nSPS) is 25.0. The first kappa shape index (κ1) is 12.5. The lowest BCUT2D eigenvalue weighted by Gasteiger charge is -2.18. The Bertz CT molecular complexity index is 461. The lowest BCUT2D eigenvalue weighted by Crippen LogP contribution is -2.30. The highest BCUT2D eigenvalue weighted by atomic mass is 32.2. The minimum absolute atomic E-state index is 0.0831. The predicted molar refractivity (Wildman–Crippen MR) is 64.2 cm³/mol. The van der Waals surface area contributed by atoms with Crippen molar-refractivity contribution < 1.29 is 12.6 Å². The maximum atomic E-state index is 11.9. The minimum Gasteiger partial charge on any atom is -0.315 e. The van der Waals surface area contributed by atoms with Crippen LogP contribution in [0.5, 0.6) is 0 Å². The Morgan fingerprint density at radius 2 is 2.35 bits per heavy atom. The van der Waals surface area contributed by atoms with Crippen LogP contribution in [-0.2, 0) is 14.3 Å². The Morgan fingerprint density at radius 1 is 1.53 bits per heavy atom. The average molecular weight is 256 g/mol. The summed E-state index contributed by atoms with van der Waals surface area (Å²) in [5, 5.41) is 2.58. The number of nitrogens with zero attached hydrogens (tertiary/aromatic N) is 1. The van der Waals surface area contributed by atoms with E-state index in [0.717, 1.165) is 5.56 Å². The molecule has 2 atom stereocenters. The molecule has 0 amide bonds. The summed E-state index contributed by atoms with van der Waals surface area (Å²) in [6, 6.07) is 3.72. The van der Waals surface area contributed by atoms with E-state index >= 15 is 0 Å². The Kier molecular flexibility index (Phi) is 3.76. The fraction of sp³-hybridized carbons (Fsp3) is 0.545. The van der Waals surface area contributed by atoms with E-state index in [1.807, 2.05) is 12.1 Å². The van der Waals surface area contributed by atoms with E-state index in [1.54, 1.807) is 19.3 Å². The molecule has 1 fully saturated rings. The van der Waals surface area contributed by atoms with E-state index in [2.05, 4.69) is 10.3 Å². The van der Waals surface area contributed by atoms with E-state index in [-0.39, 0.29) is 12.5 Å². The van der Waals surface area contributed by atoms with Crippen LogP contribution >= 0.6 is 0 Å². The van der Waals surface area contributed by atoms with Crippen LogP contribution in [0.3, 0.4) is 0 Å². The van der Waals surface area contributed by atoms with Crippen molar-refractivity contribution in [3.05, 3.63) is 30.1 Å². The summed E-state index contributed by atoms with van der Waals surface area (Å²) in [7, 11) is -3.50. The summed E-state index contributed by atoms with van der Waals surface area (Å²) in [6.45, 7) is 2.93. The van der Waals surface area contributed by atoms with E-state index in [4.69, 9.17) is 4.18 Å². The predicted octanol–water partition coefficient (Wildman–Crippen LogP) is 0.503. The minimum atomic E-state index is -3.50. The third kappa shape index (κ3) is 2.65. The topological polar surface area (TPSA) is 68.3 Å². The van der Waals surface area contributed by atoms with Gasteiger partial charge in [-0.1, -0.05) is 6.07 Å². The lowest BCUT2D eigenvalue weighted by molar-refractivity contribution is 0.330. The molecular weight excluding hydrogens is 240 g/mol. The van der Waals surface area contributed by atoms with Gasteiger partial charge >= 0.3 is 0 Å². The summed E-state index contributed by atoms with van der Waals surface area (Å²) in [4.78, 5) is 4.03. The summed E-state index contributed by atoms with van der Waals surface area (Å²) >= 11 is 0. The molecule has 1 aromatic heterocycles. The van der Waals surface area contributed by atoms with E-state index < -0.39 is 15.4 Å². The highest BCUT2D eigenvalue weighted by Crippen LogP contribution is 2.28. The van der Waals surface area contributed by atoms with Crippen LogP contribution in [0, 0.1) is 0 Å². The molecule has 0 saturated carbocycles. The van der Waals surface area contributed by atoms with Gasteiger partial charge in [0.05, 0.1) is 6.61 Å². The van der Waals surface area contributed by atoms with E-state index in [0.29, 0.717) is 13.1 Å². The molecule has 0 bridgehead atoms. The molecule has 94 valence electrons. The number of aromatic nitrogens is 1. The third-order valence-electron chi connectivity index (χ3n) is 2.92. The van der Waals surface area contributed by atoms with E-state index in [9.17, 15) is 8.42 Å². The molecule has 0 aromatic carbocycles. The van der Waals surface area contributed by atoms with Crippen molar-refractivity contribution in [1.29, 1.82) is 0 Å². The SMILES string of the molecule is CCOS(=O)(=O)C1CNCC1c1cccnc1. The third-order valence-corrected chi connectivity index (χ3v) is 4.73. The summed E-state index contributed by atoms with van der Waals surface area (Å²) in [5.74, 6) is -0.0831. The van der Waals surface area contributed by atoms with Gasteiger partial charge in [0.15, 0.2) is 0 Å². The summed E-state index contributed by atoms with van der Waals surface area (Å²) in [5.41, 5.74) is 0.936. The molecule has 1 N–H and O–H groups in total. The molecule has 0 spiro atoms. The van der Waals surface area contributed by atoms with Gasteiger partial charge in [-0.2, -0.15) is 8.42 Å². The molecule has 1 aliphatic rings. The second-order valence-corrected chi connectivity index (χ2v) is 5.82. The van der Waals surface area contributed by atoms with Gasteiger partial charge in [0, 0.05) is 31.4 Å². The van der Waals surface area contributed by atoms with Gasteiger partial charge in [-0.25, -0.2) is 0 Å². The molecule has 17 heavy (non-hydrogen) atoms. The van der Waals surface area contributed by atoms with Gasteiger partial charge in [0.2, 0.25) is 0 Å². The molecule has 0 radical (unpaired) electrons. The standard InChI is InChI=1S/C11H16N2O3S/c1-2-16-17(14,15)11-8-13-7-10(11)9-4-3-5-12-6-9/h3-6,10-11,13H,2,7-8H2,1H3. The molecule has 6 heteroatoms. The number of rotatable bonds is 4. The molecule has 0 aliphatic carbocycles. The molecule has 1 aromatic rings. The second kappa shape index (κ2) is 5.12. The van der Waals surface area contributed by atoms with Crippen molar-refractivity contribution in [2.45, 2.75) is 18.1 Å². The van der Waals surface area contributed by atoms with Crippen LogP contribution in [-0.4, -0.2) is 38.3 Å². The molecule has 2 heterocycles. The van der Waals surface area contributed by atoms with Crippen molar-refractivity contribution in [1.82, 2.24) is 10.3 Å². The fourth-order valence-corrected chi connectivity index (χ4v) is 3.62. The summed E-state index contributed by atoms with van der Waals surface area (Å²) < 4.78 is 28.7. The Labute approximate surface area is 101 Å². The number of hydrogen-bond acceptors (Lipinski definition) is 5. The van der Waals surface area contributed by atoms with Crippen molar-refractivity contribution in [2.24, 2.45) is 0 Å². The Morgan fingerprint density at radius 3 is 3.00 bits per heavy atom. The largest absolute Gasteiger partial charge is 0.315 e. The molecule has 5 nitrogen and oxygen atoms in total. The number of pyridine rings is 1. The van der Waals surface area contributed by atoms with Crippen LogP contribution in [0.2, 0.25) is 0 Å². The van der Waals surface area contributed by atoms with Crippen LogP contribution in [0.4, 0.5) is 0 Å². The molecular formula is C11H16N2O3S. The van der Waals surface area contributed by atoms with Crippen LogP contribution in [0.15, 0.2) is 24.5 Å². The monoisotopic (exact) mass is 256 g/mol. The van der Waals surface area contributed by atoms with Crippen molar-refractivity contribution in [3.63, 3.8) is 0 Å². The van der Waals surface area contributed by atoms with Gasteiger partial charge in [-0.15, -0.1) is 0 Å². The van der Waals surface area contributed by atoms with Crippen LogP contribution < -0.4 is 5.32 Å². The highest BCUT2D eigenvalue weighted by molar-refractivity contribution is 7.87. The number of hydrogen-bond donors (Lipinski definition) is 1. The first-order chi connectivity index (χ1) is 8.15. The van der Waals surface area contributed by atoms with Crippen LogP contribution in [0.25, 0.3) is 0 Å². The average Bonchev–Trinajstić information content (AvgIpc) is 2.79. The zero-order chi connectivity index (χ0) is 12.3. The van der Waals surface area contributed by atoms with Crippen LogP contribution in [0.1, 0.15) is 18.4 Å². The maximum Gasteiger partial charge on any atom is 0.272 e. The van der Waals surface area contributed by atoms with Crippen molar-refractivity contribution in [2.75, 3.05) is 19.7 Å². The van der Waals surface area contributed by atoms with Gasteiger partial charge in [0.25, 0.3) is 10.1 Å². The molecule has 1 aliphatic heterocycles. The first-order valence-electron chi connectivity index (χ1n) is 5.64. The van der Waals surface area contributed by atoms with Gasteiger partial charge < -0.3 is 5.32 Å². The lowest BCUT2D eigenvalue weighted by atomic mass is 10.0. The number of nitrogens with one attached hydrogen (secondary N) is 1. The zero-order valence-corrected chi connectivity index (χ0v) is 10.5.